The third-order valence-corrected chi connectivity index (χ3v) is 4.66. The van der Waals surface area contributed by atoms with Crippen LogP contribution in [0.3, 0.4) is 0 Å². The molecule has 0 aliphatic carbocycles. The van der Waals surface area contributed by atoms with Crippen molar-refractivity contribution in [1.82, 2.24) is 0 Å². The highest BCUT2D eigenvalue weighted by molar-refractivity contribution is 5.11. The van der Waals surface area contributed by atoms with Crippen molar-refractivity contribution < 1.29 is 67.6 Å². The topological polar surface area (TPSA) is 49.7 Å². The van der Waals surface area contributed by atoms with E-state index in [1.165, 1.54) is 0 Å². The molecule has 0 atom stereocenters. The van der Waals surface area contributed by atoms with Gasteiger partial charge < -0.3 is 14.9 Å². The van der Waals surface area contributed by atoms with Crippen LogP contribution in [0.4, 0.5) is 52.7 Å². The lowest BCUT2D eigenvalue weighted by Crippen LogP contribution is -2.71. The monoisotopic (exact) mass is 504 g/mol. The van der Waals surface area contributed by atoms with Gasteiger partial charge in [0.15, 0.2) is 0 Å². The van der Waals surface area contributed by atoms with Gasteiger partial charge in [0.05, 0.1) is 0 Å². The van der Waals surface area contributed by atoms with E-state index in [1.807, 2.05) is 0 Å². The molecular formula is C17H24F12O3. The number of aliphatic hydroxyl groups excluding tert-OH is 2. The summed E-state index contributed by atoms with van der Waals surface area (Å²) in [6.07, 6.45) is -2.77. The fraction of sp³-hybridized carbons (Fsp3) is 1.00. The first-order valence-corrected chi connectivity index (χ1v) is 9.37. The Hall–Kier alpha value is -0.960. The highest BCUT2D eigenvalue weighted by Crippen LogP contribution is 2.60. The Morgan fingerprint density at radius 2 is 1.09 bits per heavy atom. The van der Waals surface area contributed by atoms with Crippen LogP contribution in [0, 0.1) is 5.92 Å². The lowest BCUT2D eigenvalue weighted by atomic mass is 9.89. The van der Waals surface area contributed by atoms with Crippen LogP contribution in [-0.2, 0) is 4.74 Å². The number of unbranched alkanes of at least 4 members (excludes halogenated alkanes) is 2. The number of hydrogen-bond acceptors (Lipinski definition) is 3. The molecule has 0 aromatic carbocycles. The fourth-order valence-corrected chi connectivity index (χ4v) is 2.38. The van der Waals surface area contributed by atoms with Gasteiger partial charge in [-0.1, -0.05) is 19.8 Å². The van der Waals surface area contributed by atoms with Crippen LogP contribution in [-0.4, -0.2) is 72.2 Å². The molecule has 0 saturated heterocycles. The van der Waals surface area contributed by atoms with Crippen LogP contribution in [0.15, 0.2) is 0 Å². The highest BCUT2D eigenvalue weighted by atomic mass is 19.4. The maximum Gasteiger partial charge on any atom is 0.384 e. The molecule has 0 spiro atoms. The molecule has 3 nitrogen and oxygen atoms in total. The Bertz CT molecular complexity index is 565. The molecule has 2 N–H and O–H groups in total. The summed E-state index contributed by atoms with van der Waals surface area (Å²) in [7, 11) is 0. The van der Waals surface area contributed by atoms with Gasteiger partial charge in [0, 0.05) is 32.2 Å². The second-order valence-corrected chi connectivity index (χ2v) is 7.24. The van der Waals surface area contributed by atoms with Gasteiger partial charge in [-0.05, 0) is 12.8 Å². The van der Waals surface area contributed by atoms with E-state index in [4.69, 9.17) is 10.2 Å². The molecule has 0 heterocycles. The van der Waals surface area contributed by atoms with E-state index in [9.17, 15) is 52.7 Å². The molecule has 32 heavy (non-hydrogen) atoms. The predicted octanol–water partition coefficient (Wildman–Crippen LogP) is 5.39. The number of alkyl halides is 12. The Kier molecular flexibility index (Phi) is 10.6. The van der Waals surface area contributed by atoms with Gasteiger partial charge in [-0.15, -0.1) is 0 Å². The maximum atomic E-state index is 13.7. The Labute approximate surface area is 175 Å². The number of hydrogen-bond donors (Lipinski definition) is 2. The highest BCUT2D eigenvalue weighted by Gasteiger charge is 2.89. The minimum absolute atomic E-state index is 0.0116. The fourth-order valence-electron chi connectivity index (χ4n) is 2.38. The molecule has 194 valence electrons. The van der Waals surface area contributed by atoms with Crippen LogP contribution >= 0.6 is 0 Å². The van der Waals surface area contributed by atoms with E-state index in [-0.39, 0.29) is 6.42 Å². The van der Waals surface area contributed by atoms with Gasteiger partial charge in [0.1, 0.15) is 6.61 Å². The van der Waals surface area contributed by atoms with Crippen LogP contribution in [0.1, 0.15) is 39.0 Å². The SMILES string of the molecule is CCCCCOCC(F)(F)C(F)(F)C(F)(F)C(F)(F)C(F)(F)C(F)(F)CCC(CO)CO. The molecule has 0 aromatic heterocycles. The number of rotatable bonds is 16. The van der Waals surface area contributed by atoms with Gasteiger partial charge >= 0.3 is 35.5 Å². The third kappa shape index (κ3) is 5.93. The Balaban J connectivity index is 5.81. The second kappa shape index (κ2) is 11.0. The first-order valence-electron chi connectivity index (χ1n) is 9.37. The lowest BCUT2D eigenvalue weighted by Gasteiger charge is -2.41. The summed E-state index contributed by atoms with van der Waals surface area (Å²) < 4.78 is 168. The molecule has 0 amide bonds. The average Bonchev–Trinajstić information content (AvgIpc) is 2.67. The molecule has 0 aliphatic heterocycles. The zero-order valence-corrected chi connectivity index (χ0v) is 16.8. The minimum atomic E-state index is -7.63. The minimum Gasteiger partial charge on any atom is -0.396 e. The number of halogens is 12. The first kappa shape index (κ1) is 31.0. The van der Waals surface area contributed by atoms with Gasteiger partial charge in [-0.2, -0.15) is 52.7 Å². The molecule has 0 aliphatic rings. The summed E-state index contributed by atoms with van der Waals surface area (Å²) in [4.78, 5) is 0. The normalized spacial score (nSPS) is 15.0. The lowest BCUT2D eigenvalue weighted by molar-refractivity contribution is -0.427. The van der Waals surface area contributed by atoms with Crippen molar-refractivity contribution >= 4 is 0 Å². The Morgan fingerprint density at radius 1 is 0.656 bits per heavy atom. The van der Waals surface area contributed by atoms with E-state index in [0.717, 1.165) is 0 Å². The van der Waals surface area contributed by atoms with Gasteiger partial charge in [0.25, 0.3) is 0 Å². The van der Waals surface area contributed by atoms with Crippen molar-refractivity contribution in [2.24, 2.45) is 5.92 Å². The molecule has 0 saturated carbocycles. The van der Waals surface area contributed by atoms with Crippen LogP contribution < -0.4 is 0 Å². The average molecular weight is 504 g/mol. The predicted molar refractivity (Wildman–Crippen MR) is 86.9 cm³/mol. The molecule has 15 heteroatoms. The van der Waals surface area contributed by atoms with E-state index in [0.29, 0.717) is 12.8 Å². The summed E-state index contributed by atoms with van der Waals surface area (Å²) in [5, 5.41) is 17.3. The van der Waals surface area contributed by atoms with Crippen LogP contribution in [0.2, 0.25) is 0 Å². The summed E-state index contributed by atoms with van der Waals surface area (Å²) in [6, 6.07) is 0. The standard InChI is InChI=1S/C17H24F12O3/c1-2-3-4-7-32-10-13(20,21)15(24,25)17(28,29)16(26,27)14(22,23)12(18,19)6-5-11(8-30)9-31/h11,30-31H,2-10H2,1H3. The zero-order chi connectivity index (χ0) is 25.6. The molecular weight excluding hydrogens is 480 g/mol. The summed E-state index contributed by atoms with van der Waals surface area (Å²) in [5.74, 6) is -43.4. The summed E-state index contributed by atoms with van der Waals surface area (Å²) >= 11 is 0. The molecule has 0 unspecified atom stereocenters. The van der Waals surface area contributed by atoms with Crippen molar-refractivity contribution in [1.29, 1.82) is 0 Å². The molecule has 0 bridgehead atoms. The van der Waals surface area contributed by atoms with Gasteiger partial charge in [0.2, 0.25) is 0 Å². The summed E-state index contributed by atoms with van der Waals surface area (Å²) in [5.41, 5.74) is 0. The molecule has 0 radical (unpaired) electrons. The second-order valence-electron chi connectivity index (χ2n) is 7.24. The van der Waals surface area contributed by atoms with Crippen molar-refractivity contribution in [3.63, 3.8) is 0 Å². The first-order chi connectivity index (χ1) is 14.3. The van der Waals surface area contributed by atoms with Crippen LogP contribution in [0.5, 0.6) is 0 Å². The molecule has 0 fully saturated rings. The zero-order valence-electron chi connectivity index (χ0n) is 16.8. The Morgan fingerprint density at radius 3 is 1.50 bits per heavy atom. The number of ether oxygens (including phenoxy) is 1. The van der Waals surface area contributed by atoms with Crippen molar-refractivity contribution in [2.45, 2.75) is 74.6 Å². The van der Waals surface area contributed by atoms with Crippen molar-refractivity contribution in [3.05, 3.63) is 0 Å². The smallest absolute Gasteiger partial charge is 0.384 e. The maximum absolute atomic E-state index is 13.7. The summed E-state index contributed by atoms with van der Waals surface area (Å²) in [6.45, 7) is -3.71. The van der Waals surface area contributed by atoms with E-state index < -0.39 is 80.7 Å². The van der Waals surface area contributed by atoms with Gasteiger partial charge in [-0.3, -0.25) is 0 Å². The number of aliphatic hydroxyl groups is 2. The quantitative estimate of drug-likeness (QED) is 0.219. The van der Waals surface area contributed by atoms with Crippen molar-refractivity contribution in [3.8, 4) is 0 Å². The van der Waals surface area contributed by atoms with E-state index >= 15 is 0 Å². The van der Waals surface area contributed by atoms with Crippen molar-refractivity contribution in [2.75, 3.05) is 26.4 Å². The van der Waals surface area contributed by atoms with Crippen LogP contribution in [0.25, 0.3) is 0 Å². The third-order valence-electron chi connectivity index (χ3n) is 4.66. The molecule has 0 aromatic rings. The molecule has 0 rings (SSSR count). The largest absolute Gasteiger partial charge is 0.396 e. The van der Waals surface area contributed by atoms with E-state index in [1.54, 1.807) is 6.92 Å². The van der Waals surface area contributed by atoms with Gasteiger partial charge in [-0.25, -0.2) is 0 Å². The van der Waals surface area contributed by atoms with E-state index in [2.05, 4.69) is 4.74 Å².